The van der Waals surface area contributed by atoms with Gasteiger partial charge in [0.2, 0.25) is 0 Å². The van der Waals surface area contributed by atoms with Crippen LogP contribution in [0.25, 0.3) is 33.2 Å². The Morgan fingerprint density at radius 2 is 1.69 bits per heavy atom. The van der Waals surface area contributed by atoms with E-state index in [2.05, 4.69) is 19.9 Å². The Labute approximate surface area is 165 Å². The molecule has 0 spiro atoms. The summed E-state index contributed by atoms with van der Waals surface area (Å²) in [5.41, 5.74) is 3.54. The summed E-state index contributed by atoms with van der Waals surface area (Å²) in [5.74, 6) is -0.803. The predicted molar refractivity (Wildman–Crippen MR) is 111 cm³/mol. The molecule has 5 rings (SSSR count). The van der Waals surface area contributed by atoms with Gasteiger partial charge in [0.05, 0.1) is 11.2 Å². The monoisotopic (exact) mass is 406 g/mol. The van der Waals surface area contributed by atoms with Crippen LogP contribution in [0.5, 0.6) is 0 Å². The minimum absolute atomic E-state index is 0.319. The highest BCUT2D eigenvalue weighted by molar-refractivity contribution is 7.92. The lowest BCUT2D eigenvalue weighted by Crippen LogP contribution is -2.14. The van der Waals surface area contributed by atoms with E-state index in [1.54, 1.807) is 18.2 Å². The van der Waals surface area contributed by atoms with Crippen LogP contribution in [0, 0.1) is 5.82 Å². The van der Waals surface area contributed by atoms with Gasteiger partial charge in [0.1, 0.15) is 16.4 Å². The summed E-state index contributed by atoms with van der Waals surface area (Å²) in [7, 11) is -4.06. The number of nitrogens with zero attached hydrogens (tertiary/aromatic N) is 1. The van der Waals surface area contributed by atoms with Crippen molar-refractivity contribution in [1.82, 2.24) is 15.2 Å². The first kappa shape index (κ1) is 17.4. The van der Waals surface area contributed by atoms with Gasteiger partial charge in [-0.2, -0.15) is 5.10 Å². The average Bonchev–Trinajstić information content (AvgIpc) is 3.31. The van der Waals surface area contributed by atoms with Gasteiger partial charge in [-0.25, -0.2) is 12.8 Å². The molecule has 0 saturated heterocycles. The number of fused-ring (bicyclic) bond motifs is 2. The number of aromatic amines is 2. The van der Waals surface area contributed by atoms with Crippen molar-refractivity contribution in [3.8, 4) is 11.4 Å². The number of para-hydroxylation sites is 1. The van der Waals surface area contributed by atoms with E-state index in [0.29, 0.717) is 11.4 Å². The Bertz CT molecular complexity index is 1440. The number of nitrogens with one attached hydrogen (secondary N) is 3. The van der Waals surface area contributed by atoms with Crippen molar-refractivity contribution < 1.29 is 12.8 Å². The smallest absolute Gasteiger partial charge is 0.264 e. The molecule has 3 N–H and O–H groups in total. The summed E-state index contributed by atoms with van der Waals surface area (Å²) >= 11 is 0. The molecule has 2 heterocycles. The lowest BCUT2D eigenvalue weighted by molar-refractivity contribution is 0.570. The van der Waals surface area contributed by atoms with Crippen LogP contribution in [-0.2, 0) is 10.0 Å². The summed E-state index contributed by atoms with van der Waals surface area (Å²) in [5, 5.41) is 9.12. The van der Waals surface area contributed by atoms with Crippen LogP contribution in [0.1, 0.15) is 0 Å². The van der Waals surface area contributed by atoms with Crippen molar-refractivity contribution in [2.45, 2.75) is 4.90 Å². The van der Waals surface area contributed by atoms with E-state index in [0.717, 1.165) is 33.6 Å². The zero-order valence-corrected chi connectivity index (χ0v) is 15.8. The Morgan fingerprint density at radius 1 is 0.897 bits per heavy atom. The molecule has 8 heteroatoms. The second-order valence-electron chi connectivity index (χ2n) is 6.64. The minimum atomic E-state index is -4.06. The minimum Gasteiger partial charge on any atom is -0.353 e. The van der Waals surface area contributed by atoms with Crippen molar-refractivity contribution in [1.29, 1.82) is 0 Å². The fraction of sp³-hybridized carbons (Fsp3) is 0. The van der Waals surface area contributed by atoms with Crippen LogP contribution in [0.4, 0.5) is 10.1 Å². The first-order chi connectivity index (χ1) is 14.0. The van der Waals surface area contributed by atoms with E-state index in [1.165, 1.54) is 18.2 Å². The van der Waals surface area contributed by atoms with Crippen molar-refractivity contribution >= 4 is 37.5 Å². The fourth-order valence-electron chi connectivity index (χ4n) is 3.36. The molecule has 0 unspecified atom stereocenters. The molecule has 144 valence electrons. The summed E-state index contributed by atoms with van der Waals surface area (Å²) in [6.45, 7) is 0. The molecule has 0 aliphatic rings. The zero-order valence-electron chi connectivity index (χ0n) is 15.0. The van der Waals surface area contributed by atoms with Gasteiger partial charge < -0.3 is 4.98 Å². The third kappa shape index (κ3) is 3.03. The van der Waals surface area contributed by atoms with Crippen molar-refractivity contribution in [3.05, 3.63) is 78.6 Å². The number of hydrogen-bond acceptors (Lipinski definition) is 3. The molecule has 3 aromatic carbocycles. The summed E-state index contributed by atoms with van der Waals surface area (Å²) in [4.78, 5) is 2.92. The van der Waals surface area contributed by atoms with Gasteiger partial charge in [0, 0.05) is 22.0 Å². The molecule has 2 aromatic heterocycles. The molecule has 6 nitrogen and oxygen atoms in total. The van der Waals surface area contributed by atoms with E-state index in [9.17, 15) is 12.8 Å². The number of benzene rings is 3. The Morgan fingerprint density at radius 3 is 2.52 bits per heavy atom. The molecular formula is C21H15FN4O2S. The van der Waals surface area contributed by atoms with Gasteiger partial charge in [-0.15, -0.1) is 0 Å². The van der Waals surface area contributed by atoms with Crippen LogP contribution in [-0.4, -0.2) is 23.6 Å². The molecule has 5 aromatic rings. The molecule has 0 amide bonds. The standard InChI is InChI=1S/C21H15FN4O2S/c22-16-6-2-4-8-20(16)29(27,28)26-14-9-10-18-15(12-14)21(25-24-18)19-11-13-5-1-3-7-17(13)23-19/h1-12,23,26H,(H,24,25). The van der Waals surface area contributed by atoms with Crippen LogP contribution in [0.15, 0.2) is 77.7 Å². The number of anilines is 1. The third-order valence-corrected chi connectivity index (χ3v) is 6.14. The molecule has 0 atom stereocenters. The normalized spacial score (nSPS) is 11.9. The van der Waals surface area contributed by atoms with Crippen molar-refractivity contribution in [2.75, 3.05) is 4.72 Å². The third-order valence-electron chi connectivity index (χ3n) is 4.73. The van der Waals surface area contributed by atoms with Gasteiger partial charge in [0.25, 0.3) is 10.0 Å². The second kappa shape index (κ2) is 6.46. The highest BCUT2D eigenvalue weighted by Gasteiger charge is 2.19. The van der Waals surface area contributed by atoms with E-state index in [1.807, 2.05) is 30.3 Å². The highest BCUT2D eigenvalue weighted by Crippen LogP contribution is 2.31. The fourth-order valence-corrected chi connectivity index (χ4v) is 4.49. The number of hydrogen-bond donors (Lipinski definition) is 3. The maximum Gasteiger partial charge on any atom is 0.264 e. The highest BCUT2D eigenvalue weighted by atomic mass is 32.2. The average molecular weight is 406 g/mol. The van der Waals surface area contributed by atoms with Crippen molar-refractivity contribution in [3.63, 3.8) is 0 Å². The lowest BCUT2D eigenvalue weighted by Gasteiger charge is -2.09. The largest absolute Gasteiger partial charge is 0.353 e. The number of aromatic nitrogens is 3. The topological polar surface area (TPSA) is 90.6 Å². The van der Waals surface area contributed by atoms with Gasteiger partial charge in [-0.3, -0.25) is 9.82 Å². The molecule has 0 saturated carbocycles. The van der Waals surface area contributed by atoms with Gasteiger partial charge >= 0.3 is 0 Å². The molecular weight excluding hydrogens is 391 g/mol. The molecule has 0 aliphatic carbocycles. The van der Waals surface area contributed by atoms with E-state index >= 15 is 0 Å². The van der Waals surface area contributed by atoms with Crippen LogP contribution in [0.2, 0.25) is 0 Å². The van der Waals surface area contributed by atoms with E-state index < -0.39 is 20.7 Å². The van der Waals surface area contributed by atoms with Crippen LogP contribution >= 0.6 is 0 Å². The number of rotatable bonds is 4. The van der Waals surface area contributed by atoms with Gasteiger partial charge in [0.15, 0.2) is 0 Å². The lowest BCUT2D eigenvalue weighted by atomic mass is 10.1. The van der Waals surface area contributed by atoms with Gasteiger partial charge in [-0.1, -0.05) is 30.3 Å². The Hall–Kier alpha value is -3.65. The quantitative estimate of drug-likeness (QED) is 0.406. The molecule has 0 bridgehead atoms. The maximum atomic E-state index is 13.9. The van der Waals surface area contributed by atoms with Crippen LogP contribution in [0.3, 0.4) is 0 Å². The number of halogens is 1. The molecule has 0 fully saturated rings. The SMILES string of the molecule is O=S(=O)(Nc1ccc2[nH]nc(-c3cc4ccccc4[nH]3)c2c1)c1ccccc1F. The second-order valence-corrected chi connectivity index (χ2v) is 8.29. The predicted octanol–water partition coefficient (Wildman–Crippen LogP) is 4.65. The van der Waals surface area contributed by atoms with Crippen LogP contribution < -0.4 is 4.72 Å². The first-order valence-corrected chi connectivity index (χ1v) is 10.3. The Kier molecular flexibility index (Phi) is 3.88. The molecule has 0 radical (unpaired) electrons. The van der Waals surface area contributed by atoms with E-state index in [4.69, 9.17) is 0 Å². The summed E-state index contributed by atoms with van der Waals surface area (Å²) in [6.07, 6.45) is 0. The summed E-state index contributed by atoms with van der Waals surface area (Å²) in [6, 6.07) is 20.1. The maximum absolute atomic E-state index is 13.9. The molecule has 29 heavy (non-hydrogen) atoms. The van der Waals surface area contributed by atoms with E-state index in [-0.39, 0.29) is 0 Å². The van der Waals surface area contributed by atoms with Crippen molar-refractivity contribution in [2.24, 2.45) is 0 Å². The summed E-state index contributed by atoms with van der Waals surface area (Å²) < 4.78 is 41.6. The number of H-pyrrole nitrogens is 2. The van der Waals surface area contributed by atoms with Gasteiger partial charge in [-0.05, 0) is 42.5 Å². The molecule has 0 aliphatic heterocycles. The number of sulfonamides is 1. The Balaban J connectivity index is 1.57. The zero-order chi connectivity index (χ0) is 20.0. The first-order valence-electron chi connectivity index (χ1n) is 8.85.